The number of anilines is 1. The third-order valence-electron chi connectivity index (χ3n) is 4.25. The van der Waals surface area contributed by atoms with E-state index in [0.717, 1.165) is 11.3 Å². The molecule has 2 aromatic rings. The molecule has 1 amide bonds. The minimum atomic E-state index is -0.503. The van der Waals surface area contributed by atoms with Crippen LogP contribution in [0.15, 0.2) is 41.8 Å². The number of hydrogen-bond acceptors (Lipinski definition) is 4. The first-order chi connectivity index (χ1) is 10.7. The molecule has 0 aliphatic carbocycles. The molecule has 1 aliphatic rings. The number of nitrogens with one attached hydrogen (secondary N) is 1. The van der Waals surface area contributed by atoms with Crippen LogP contribution < -0.4 is 11.1 Å². The summed E-state index contributed by atoms with van der Waals surface area (Å²) in [7, 11) is 0. The SMILES string of the molecule is Cl.NCC1(C(=O)Nc2cccc(-c3cccs3)c2)CCOCC1. The largest absolute Gasteiger partial charge is 0.381 e. The van der Waals surface area contributed by atoms with Crippen LogP contribution in [0.2, 0.25) is 0 Å². The number of hydrogen-bond donors (Lipinski definition) is 2. The average Bonchev–Trinajstić information content (AvgIpc) is 3.10. The molecule has 1 aromatic carbocycles. The molecule has 1 fully saturated rings. The van der Waals surface area contributed by atoms with E-state index in [2.05, 4.69) is 17.4 Å². The van der Waals surface area contributed by atoms with Crippen LogP contribution in [0.1, 0.15) is 12.8 Å². The molecule has 0 saturated carbocycles. The van der Waals surface area contributed by atoms with Gasteiger partial charge in [-0.2, -0.15) is 0 Å². The van der Waals surface area contributed by atoms with Crippen LogP contribution in [-0.2, 0) is 9.53 Å². The highest BCUT2D eigenvalue weighted by Gasteiger charge is 2.38. The molecule has 0 bridgehead atoms. The highest BCUT2D eigenvalue weighted by molar-refractivity contribution is 7.13. The number of carbonyl (C=O) groups excluding carboxylic acids is 1. The third kappa shape index (κ3) is 3.93. The maximum absolute atomic E-state index is 12.7. The Labute approximate surface area is 146 Å². The van der Waals surface area contributed by atoms with E-state index < -0.39 is 5.41 Å². The molecule has 3 rings (SSSR count). The minimum absolute atomic E-state index is 0. The Balaban J connectivity index is 0.00000192. The van der Waals surface area contributed by atoms with Crippen molar-refractivity contribution in [2.45, 2.75) is 12.8 Å². The number of nitrogens with two attached hydrogens (primary N) is 1. The quantitative estimate of drug-likeness (QED) is 0.884. The summed E-state index contributed by atoms with van der Waals surface area (Å²) in [4.78, 5) is 13.9. The number of amides is 1. The number of rotatable bonds is 4. The minimum Gasteiger partial charge on any atom is -0.381 e. The van der Waals surface area contributed by atoms with Gasteiger partial charge in [-0.3, -0.25) is 4.79 Å². The Morgan fingerprint density at radius 2 is 2.04 bits per heavy atom. The predicted molar refractivity (Wildman–Crippen MR) is 97.2 cm³/mol. The van der Waals surface area contributed by atoms with Crippen LogP contribution in [0.5, 0.6) is 0 Å². The Hall–Kier alpha value is -1.40. The van der Waals surface area contributed by atoms with Crippen LogP contribution in [0.25, 0.3) is 10.4 Å². The Kier molecular flexibility index (Phi) is 6.18. The number of halogens is 1. The first kappa shape index (κ1) is 17.9. The fourth-order valence-corrected chi connectivity index (χ4v) is 3.47. The molecule has 4 nitrogen and oxygen atoms in total. The lowest BCUT2D eigenvalue weighted by Gasteiger charge is -2.34. The van der Waals surface area contributed by atoms with Crippen molar-refractivity contribution in [1.29, 1.82) is 0 Å². The molecule has 23 heavy (non-hydrogen) atoms. The van der Waals surface area contributed by atoms with Gasteiger partial charge in [0.2, 0.25) is 5.91 Å². The maximum Gasteiger partial charge on any atom is 0.232 e. The first-order valence-electron chi connectivity index (χ1n) is 7.47. The summed E-state index contributed by atoms with van der Waals surface area (Å²) in [6, 6.07) is 12.0. The van der Waals surface area contributed by atoms with Gasteiger partial charge in [0.25, 0.3) is 0 Å². The van der Waals surface area contributed by atoms with E-state index in [1.807, 2.05) is 29.6 Å². The van der Waals surface area contributed by atoms with Crippen LogP contribution in [-0.4, -0.2) is 25.7 Å². The summed E-state index contributed by atoms with van der Waals surface area (Å²) in [5, 5.41) is 5.08. The lowest BCUT2D eigenvalue weighted by atomic mass is 9.79. The smallest absolute Gasteiger partial charge is 0.232 e. The fraction of sp³-hybridized carbons (Fsp3) is 0.353. The maximum atomic E-state index is 12.7. The lowest BCUT2D eigenvalue weighted by molar-refractivity contribution is -0.130. The molecule has 124 valence electrons. The Morgan fingerprint density at radius 3 is 2.70 bits per heavy atom. The zero-order valence-electron chi connectivity index (χ0n) is 12.8. The monoisotopic (exact) mass is 352 g/mol. The Bertz CT molecular complexity index is 640. The van der Waals surface area contributed by atoms with Crippen LogP contribution in [0, 0.1) is 5.41 Å². The van der Waals surface area contributed by atoms with Gasteiger partial charge in [0.1, 0.15) is 0 Å². The molecule has 1 aromatic heterocycles. The molecule has 2 heterocycles. The number of thiophene rings is 1. The number of benzene rings is 1. The molecule has 0 unspecified atom stereocenters. The zero-order valence-corrected chi connectivity index (χ0v) is 14.4. The van der Waals surface area contributed by atoms with E-state index in [1.165, 1.54) is 4.88 Å². The summed E-state index contributed by atoms with van der Waals surface area (Å²) in [5.41, 5.74) is 7.31. The summed E-state index contributed by atoms with van der Waals surface area (Å²) in [6.45, 7) is 1.55. The van der Waals surface area contributed by atoms with Crippen molar-refractivity contribution < 1.29 is 9.53 Å². The summed E-state index contributed by atoms with van der Waals surface area (Å²) < 4.78 is 5.36. The van der Waals surface area contributed by atoms with E-state index in [9.17, 15) is 4.79 Å². The van der Waals surface area contributed by atoms with Crippen molar-refractivity contribution in [3.8, 4) is 10.4 Å². The van der Waals surface area contributed by atoms with Crippen molar-refractivity contribution in [2.75, 3.05) is 25.1 Å². The standard InChI is InChI=1S/C17H20N2O2S.ClH/c18-12-17(6-8-21-9-7-17)16(20)19-14-4-1-3-13(11-14)15-5-2-10-22-15;/h1-5,10-11H,6-9,12,18H2,(H,19,20);1H. The van der Waals surface area contributed by atoms with E-state index in [4.69, 9.17) is 10.5 Å². The van der Waals surface area contributed by atoms with E-state index in [0.29, 0.717) is 32.6 Å². The van der Waals surface area contributed by atoms with Crippen LogP contribution >= 0.6 is 23.7 Å². The van der Waals surface area contributed by atoms with Gasteiger partial charge in [-0.05, 0) is 42.0 Å². The Morgan fingerprint density at radius 1 is 1.26 bits per heavy atom. The van der Waals surface area contributed by atoms with Gasteiger partial charge in [0.05, 0.1) is 5.41 Å². The zero-order chi connectivity index (χ0) is 15.4. The molecular formula is C17H21ClN2O2S. The van der Waals surface area contributed by atoms with Crippen molar-refractivity contribution >= 4 is 35.3 Å². The van der Waals surface area contributed by atoms with Gasteiger partial charge in [0.15, 0.2) is 0 Å². The summed E-state index contributed by atoms with van der Waals surface area (Å²) in [6.07, 6.45) is 1.36. The van der Waals surface area contributed by atoms with Crippen molar-refractivity contribution in [1.82, 2.24) is 0 Å². The first-order valence-corrected chi connectivity index (χ1v) is 8.35. The van der Waals surface area contributed by atoms with Gasteiger partial charge in [0, 0.05) is 30.3 Å². The topological polar surface area (TPSA) is 64.4 Å². The molecule has 6 heteroatoms. The molecule has 0 radical (unpaired) electrons. The van der Waals surface area contributed by atoms with Gasteiger partial charge < -0.3 is 15.8 Å². The van der Waals surface area contributed by atoms with Crippen molar-refractivity contribution in [3.05, 3.63) is 41.8 Å². The number of ether oxygens (including phenoxy) is 1. The lowest BCUT2D eigenvalue weighted by Crippen LogP contribution is -2.46. The van der Waals surface area contributed by atoms with E-state index in [-0.39, 0.29) is 18.3 Å². The second-order valence-electron chi connectivity index (χ2n) is 5.61. The van der Waals surface area contributed by atoms with Crippen LogP contribution in [0.4, 0.5) is 5.69 Å². The molecule has 0 atom stereocenters. The highest BCUT2D eigenvalue weighted by atomic mass is 35.5. The van der Waals surface area contributed by atoms with Crippen molar-refractivity contribution in [2.24, 2.45) is 11.1 Å². The predicted octanol–water partition coefficient (Wildman–Crippen LogP) is 3.53. The second-order valence-corrected chi connectivity index (χ2v) is 6.56. The third-order valence-corrected chi connectivity index (χ3v) is 5.17. The van der Waals surface area contributed by atoms with E-state index >= 15 is 0 Å². The summed E-state index contributed by atoms with van der Waals surface area (Å²) in [5.74, 6) is 0.00151. The fourth-order valence-electron chi connectivity index (χ4n) is 2.74. The van der Waals surface area contributed by atoms with Gasteiger partial charge >= 0.3 is 0 Å². The molecular weight excluding hydrogens is 332 g/mol. The second kappa shape index (κ2) is 7.93. The average molecular weight is 353 g/mol. The molecule has 0 spiro atoms. The van der Waals surface area contributed by atoms with Crippen LogP contribution in [0.3, 0.4) is 0 Å². The molecule has 1 aliphatic heterocycles. The van der Waals surface area contributed by atoms with Gasteiger partial charge in [-0.15, -0.1) is 23.7 Å². The number of carbonyl (C=O) groups is 1. The highest BCUT2D eigenvalue weighted by Crippen LogP contribution is 2.32. The molecule has 3 N–H and O–H groups in total. The van der Waals surface area contributed by atoms with E-state index in [1.54, 1.807) is 11.3 Å². The molecule has 1 saturated heterocycles. The normalized spacial score (nSPS) is 16.4. The van der Waals surface area contributed by atoms with Crippen molar-refractivity contribution in [3.63, 3.8) is 0 Å². The summed E-state index contributed by atoms with van der Waals surface area (Å²) >= 11 is 1.69. The van der Waals surface area contributed by atoms with Gasteiger partial charge in [-0.1, -0.05) is 18.2 Å². The van der Waals surface area contributed by atoms with Gasteiger partial charge in [-0.25, -0.2) is 0 Å².